The maximum atomic E-state index is 5.90. The number of imidazole rings is 1. The molecule has 0 aliphatic carbocycles. The Hall–Kier alpha value is -1.03. The first kappa shape index (κ1) is 10.5. The second-order valence-electron chi connectivity index (χ2n) is 4.08. The molecule has 0 radical (unpaired) electrons. The van der Waals surface area contributed by atoms with E-state index in [4.69, 9.17) is 5.73 Å². The highest BCUT2D eigenvalue weighted by molar-refractivity contribution is 9.10. The third-order valence-electron chi connectivity index (χ3n) is 2.31. The van der Waals surface area contributed by atoms with Gasteiger partial charge < -0.3 is 10.3 Å². The standard InChI is InChI=1S/C11H14BrN3/c1-7(2)6-15-9-5-3-4-8(12)10(9)14-11(15)13/h3-5,7H,6H2,1-2H3,(H2,13,14). The molecule has 0 atom stereocenters. The molecule has 80 valence electrons. The summed E-state index contributed by atoms with van der Waals surface area (Å²) >= 11 is 3.48. The van der Waals surface area contributed by atoms with Gasteiger partial charge in [0.1, 0.15) is 5.52 Å². The van der Waals surface area contributed by atoms with Crippen molar-refractivity contribution in [2.45, 2.75) is 20.4 Å². The highest BCUT2D eigenvalue weighted by Crippen LogP contribution is 2.25. The molecule has 0 aliphatic rings. The molecule has 0 bridgehead atoms. The minimum absolute atomic E-state index is 0.559. The Morgan fingerprint density at radius 2 is 2.20 bits per heavy atom. The minimum atomic E-state index is 0.559. The first-order valence-electron chi connectivity index (χ1n) is 5.00. The second kappa shape index (κ2) is 3.85. The molecule has 1 heterocycles. The summed E-state index contributed by atoms with van der Waals surface area (Å²) in [6.45, 7) is 5.24. The quantitative estimate of drug-likeness (QED) is 0.909. The van der Waals surface area contributed by atoms with Gasteiger partial charge in [0, 0.05) is 11.0 Å². The predicted molar refractivity (Wildman–Crippen MR) is 66.7 cm³/mol. The van der Waals surface area contributed by atoms with E-state index in [-0.39, 0.29) is 0 Å². The van der Waals surface area contributed by atoms with Crippen molar-refractivity contribution in [3.63, 3.8) is 0 Å². The van der Waals surface area contributed by atoms with Crippen LogP contribution in [0.1, 0.15) is 13.8 Å². The van der Waals surface area contributed by atoms with Gasteiger partial charge in [0.2, 0.25) is 5.95 Å². The Labute approximate surface area is 97.4 Å². The fourth-order valence-corrected chi connectivity index (χ4v) is 2.13. The highest BCUT2D eigenvalue weighted by Gasteiger charge is 2.10. The third-order valence-corrected chi connectivity index (χ3v) is 2.95. The van der Waals surface area contributed by atoms with Crippen LogP contribution in [0.4, 0.5) is 5.95 Å². The molecule has 2 aromatic rings. The summed E-state index contributed by atoms with van der Waals surface area (Å²) in [6, 6.07) is 6.03. The minimum Gasteiger partial charge on any atom is -0.369 e. The van der Waals surface area contributed by atoms with Crippen molar-refractivity contribution >= 4 is 32.9 Å². The van der Waals surface area contributed by atoms with Crippen LogP contribution in [0.25, 0.3) is 11.0 Å². The van der Waals surface area contributed by atoms with Gasteiger partial charge in [-0.05, 0) is 34.0 Å². The molecule has 0 saturated heterocycles. The SMILES string of the molecule is CC(C)Cn1c(N)nc2c(Br)cccc21. The Kier molecular flexibility index (Phi) is 2.69. The van der Waals surface area contributed by atoms with Crippen LogP contribution in [0.5, 0.6) is 0 Å². The van der Waals surface area contributed by atoms with Gasteiger partial charge in [-0.3, -0.25) is 0 Å². The van der Waals surface area contributed by atoms with E-state index in [1.807, 2.05) is 18.2 Å². The fraction of sp³-hybridized carbons (Fsp3) is 0.364. The van der Waals surface area contributed by atoms with E-state index in [0.29, 0.717) is 11.9 Å². The number of nitrogen functional groups attached to an aromatic ring is 1. The van der Waals surface area contributed by atoms with E-state index in [1.54, 1.807) is 0 Å². The maximum absolute atomic E-state index is 5.90. The van der Waals surface area contributed by atoms with Crippen LogP contribution < -0.4 is 5.73 Å². The number of fused-ring (bicyclic) bond motifs is 1. The Balaban J connectivity index is 2.63. The highest BCUT2D eigenvalue weighted by atomic mass is 79.9. The lowest BCUT2D eigenvalue weighted by molar-refractivity contribution is 0.538. The van der Waals surface area contributed by atoms with E-state index >= 15 is 0 Å². The summed E-state index contributed by atoms with van der Waals surface area (Å²) < 4.78 is 3.05. The van der Waals surface area contributed by atoms with E-state index in [0.717, 1.165) is 22.1 Å². The van der Waals surface area contributed by atoms with Crippen molar-refractivity contribution in [2.75, 3.05) is 5.73 Å². The van der Waals surface area contributed by atoms with Gasteiger partial charge in [0.25, 0.3) is 0 Å². The number of hydrogen-bond acceptors (Lipinski definition) is 2. The van der Waals surface area contributed by atoms with Crippen molar-refractivity contribution in [1.29, 1.82) is 0 Å². The lowest BCUT2D eigenvalue weighted by Crippen LogP contribution is -2.07. The number of para-hydroxylation sites is 1. The molecule has 0 saturated carbocycles. The van der Waals surface area contributed by atoms with Crippen molar-refractivity contribution in [2.24, 2.45) is 5.92 Å². The van der Waals surface area contributed by atoms with Crippen LogP contribution in [0, 0.1) is 5.92 Å². The summed E-state index contributed by atoms with van der Waals surface area (Å²) in [5, 5.41) is 0. The molecular weight excluding hydrogens is 254 g/mol. The first-order valence-corrected chi connectivity index (χ1v) is 5.79. The van der Waals surface area contributed by atoms with Crippen molar-refractivity contribution in [1.82, 2.24) is 9.55 Å². The number of benzene rings is 1. The van der Waals surface area contributed by atoms with Crippen molar-refractivity contribution in [3.05, 3.63) is 22.7 Å². The van der Waals surface area contributed by atoms with Gasteiger partial charge in [-0.2, -0.15) is 0 Å². The summed E-state index contributed by atoms with van der Waals surface area (Å²) in [4.78, 5) is 4.36. The van der Waals surface area contributed by atoms with Crippen LogP contribution in [0.2, 0.25) is 0 Å². The van der Waals surface area contributed by atoms with Crippen LogP contribution in [-0.4, -0.2) is 9.55 Å². The van der Waals surface area contributed by atoms with Gasteiger partial charge in [0.05, 0.1) is 5.52 Å². The Morgan fingerprint density at radius 1 is 1.47 bits per heavy atom. The molecule has 0 unspecified atom stereocenters. The van der Waals surface area contributed by atoms with Crippen molar-refractivity contribution in [3.8, 4) is 0 Å². The number of hydrogen-bond donors (Lipinski definition) is 1. The predicted octanol–water partition coefficient (Wildman–Crippen LogP) is 3.04. The number of rotatable bonds is 2. The second-order valence-corrected chi connectivity index (χ2v) is 4.94. The molecule has 0 amide bonds. The average Bonchev–Trinajstić information content (AvgIpc) is 2.45. The first-order chi connectivity index (χ1) is 7.09. The van der Waals surface area contributed by atoms with Crippen LogP contribution in [0.15, 0.2) is 22.7 Å². The summed E-state index contributed by atoms with van der Waals surface area (Å²) in [7, 11) is 0. The van der Waals surface area contributed by atoms with Gasteiger partial charge >= 0.3 is 0 Å². The number of anilines is 1. The van der Waals surface area contributed by atoms with Crippen molar-refractivity contribution < 1.29 is 0 Å². The van der Waals surface area contributed by atoms with E-state index in [2.05, 4.69) is 39.3 Å². The molecule has 1 aromatic heterocycles. The molecule has 0 aliphatic heterocycles. The Morgan fingerprint density at radius 3 is 2.87 bits per heavy atom. The molecule has 1 aromatic carbocycles. The van der Waals surface area contributed by atoms with Crippen LogP contribution in [-0.2, 0) is 6.54 Å². The zero-order valence-corrected chi connectivity index (χ0v) is 10.5. The van der Waals surface area contributed by atoms with Crippen LogP contribution in [0.3, 0.4) is 0 Å². The lowest BCUT2D eigenvalue weighted by Gasteiger charge is -2.08. The summed E-state index contributed by atoms with van der Waals surface area (Å²) in [5.41, 5.74) is 7.94. The zero-order valence-electron chi connectivity index (χ0n) is 8.87. The number of aromatic nitrogens is 2. The molecule has 0 fully saturated rings. The van der Waals surface area contributed by atoms with Crippen LogP contribution >= 0.6 is 15.9 Å². The van der Waals surface area contributed by atoms with E-state index in [9.17, 15) is 0 Å². The van der Waals surface area contributed by atoms with Gasteiger partial charge in [0.15, 0.2) is 0 Å². The molecule has 0 spiro atoms. The molecule has 15 heavy (non-hydrogen) atoms. The average molecular weight is 268 g/mol. The normalized spacial score (nSPS) is 11.5. The topological polar surface area (TPSA) is 43.8 Å². The summed E-state index contributed by atoms with van der Waals surface area (Å²) in [6.07, 6.45) is 0. The van der Waals surface area contributed by atoms with E-state index < -0.39 is 0 Å². The maximum Gasteiger partial charge on any atom is 0.201 e. The van der Waals surface area contributed by atoms with Gasteiger partial charge in [-0.1, -0.05) is 19.9 Å². The summed E-state index contributed by atoms with van der Waals surface area (Å²) in [5.74, 6) is 1.15. The molecule has 4 heteroatoms. The zero-order chi connectivity index (χ0) is 11.0. The fourth-order valence-electron chi connectivity index (χ4n) is 1.69. The van der Waals surface area contributed by atoms with E-state index in [1.165, 1.54) is 0 Å². The lowest BCUT2D eigenvalue weighted by atomic mass is 10.2. The number of nitrogens with zero attached hydrogens (tertiary/aromatic N) is 2. The van der Waals surface area contributed by atoms with Gasteiger partial charge in [-0.15, -0.1) is 0 Å². The number of nitrogens with two attached hydrogens (primary N) is 1. The Bertz CT molecular complexity index is 488. The molecule has 2 rings (SSSR count). The molecular formula is C11H14BrN3. The number of halogens is 1. The van der Waals surface area contributed by atoms with Gasteiger partial charge in [-0.25, -0.2) is 4.98 Å². The largest absolute Gasteiger partial charge is 0.369 e. The molecule has 2 N–H and O–H groups in total. The third kappa shape index (κ3) is 1.86. The molecule has 3 nitrogen and oxygen atoms in total. The monoisotopic (exact) mass is 267 g/mol. The smallest absolute Gasteiger partial charge is 0.201 e.